The second kappa shape index (κ2) is 5.11. The number of carbonyl (C=O) groups excluding carboxylic acids is 1. The number of hydrogen-bond acceptors (Lipinski definition) is 3. The van der Waals surface area contributed by atoms with Crippen LogP contribution in [-0.4, -0.2) is 23.0 Å². The van der Waals surface area contributed by atoms with Crippen LogP contribution in [0.4, 0.5) is 13.2 Å². The van der Waals surface area contributed by atoms with Crippen LogP contribution in [0.3, 0.4) is 0 Å². The first kappa shape index (κ1) is 14.1. The van der Waals surface area contributed by atoms with Gasteiger partial charge in [-0.25, -0.2) is 0 Å². The highest BCUT2D eigenvalue weighted by Gasteiger charge is 2.35. The summed E-state index contributed by atoms with van der Waals surface area (Å²) in [5.41, 5.74) is 0. The number of aliphatic carboxylic acids is 1. The van der Waals surface area contributed by atoms with Crippen molar-refractivity contribution in [2.24, 2.45) is 0 Å². The van der Waals surface area contributed by atoms with Gasteiger partial charge < -0.3 is 14.8 Å². The first-order valence-corrected chi connectivity index (χ1v) is 4.90. The van der Waals surface area contributed by atoms with Crippen LogP contribution < -0.4 is 5.32 Å². The highest BCUT2D eigenvalue weighted by molar-refractivity contribution is 5.91. The SMILES string of the molecule is CC(CC(=O)O)NC(=O)c1ccc(C(F)(F)F)o1. The number of alkyl halides is 3. The van der Waals surface area contributed by atoms with E-state index in [1.54, 1.807) is 0 Å². The summed E-state index contributed by atoms with van der Waals surface area (Å²) >= 11 is 0. The average Bonchev–Trinajstić information content (AvgIpc) is 2.63. The lowest BCUT2D eigenvalue weighted by molar-refractivity contribution is -0.153. The molecule has 1 aromatic heterocycles. The van der Waals surface area contributed by atoms with Gasteiger partial charge in [-0.05, 0) is 19.1 Å². The third-order valence-corrected chi connectivity index (χ3v) is 1.97. The zero-order chi connectivity index (χ0) is 13.9. The van der Waals surface area contributed by atoms with Gasteiger partial charge >= 0.3 is 12.1 Å². The van der Waals surface area contributed by atoms with Crippen LogP contribution in [0.2, 0.25) is 0 Å². The number of rotatable bonds is 4. The lowest BCUT2D eigenvalue weighted by atomic mass is 10.2. The molecule has 1 aromatic rings. The maximum atomic E-state index is 12.2. The third-order valence-electron chi connectivity index (χ3n) is 1.97. The summed E-state index contributed by atoms with van der Waals surface area (Å²) in [5.74, 6) is -3.81. The number of halogens is 3. The summed E-state index contributed by atoms with van der Waals surface area (Å²) in [4.78, 5) is 21.8. The number of amides is 1. The van der Waals surface area contributed by atoms with Crippen molar-refractivity contribution in [3.05, 3.63) is 23.7 Å². The Morgan fingerprint density at radius 3 is 2.50 bits per heavy atom. The van der Waals surface area contributed by atoms with Crippen molar-refractivity contribution in [2.75, 3.05) is 0 Å². The predicted octanol–water partition coefficient (Wildman–Crippen LogP) is 1.89. The van der Waals surface area contributed by atoms with Gasteiger partial charge in [-0.2, -0.15) is 13.2 Å². The molecule has 2 N–H and O–H groups in total. The van der Waals surface area contributed by atoms with Gasteiger partial charge in [0.25, 0.3) is 5.91 Å². The molecule has 0 aliphatic rings. The van der Waals surface area contributed by atoms with E-state index in [2.05, 4.69) is 9.73 Å². The van der Waals surface area contributed by atoms with Gasteiger partial charge in [-0.15, -0.1) is 0 Å². The van der Waals surface area contributed by atoms with Crippen LogP contribution in [0, 0.1) is 0 Å². The fourth-order valence-electron chi connectivity index (χ4n) is 1.22. The zero-order valence-electron chi connectivity index (χ0n) is 9.25. The van der Waals surface area contributed by atoms with Gasteiger partial charge in [0.2, 0.25) is 5.76 Å². The summed E-state index contributed by atoms with van der Waals surface area (Å²) in [5, 5.41) is 10.7. The van der Waals surface area contributed by atoms with Crippen LogP contribution in [-0.2, 0) is 11.0 Å². The lowest BCUT2D eigenvalue weighted by Gasteiger charge is -2.09. The van der Waals surface area contributed by atoms with Gasteiger partial charge in [-0.3, -0.25) is 9.59 Å². The molecule has 0 aromatic carbocycles. The van der Waals surface area contributed by atoms with Gasteiger partial charge in [0.05, 0.1) is 6.42 Å². The fraction of sp³-hybridized carbons (Fsp3) is 0.400. The molecule has 0 radical (unpaired) electrons. The van der Waals surface area contributed by atoms with Gasteiger partial charge in [0, 0.05) is 6.04 Å². The average molecular weight is 265 g/mol. The summed E-state index contributed by atoms with van der Waals surface area (Å²) < 4.78 is 40.9. The second-order valence-corrected chi connectivity index (χ2v) is 3.63. The smallest absolute Gasteiger partial charge is 0.449 e. The molecule has 0 fully saturated rings. The Bertz CT molecular complexity index is 452. The minimum absolute atomic E-state index is 0.335. The third kappa shape index (κ3) is 3.79. The van der Waals surface area contributed by atoms with Crippen molar-refractivity contribution in [2.45, 2.75) is 25.6 Å². The highest BCUT2D eigenvalue weighted by atomic mass is 19.4. The number of carboxylic acids is 1. The first-order valence-electron chi connectivity index (χ1n) is 4.90. The zero-order valence-corrected chi connectivity index (χ0v) is 9.25. The van der Waals surface area contributed by atoms with E-state index in [0.29, 0.717) is 6.07 Å². The minimum atomic E-state index is -4.66. The Kier molecular flexibility index (Phi) is 4.00. The molecule has 0 aliphatic heterocycles. The molecule has 0 spiro atoms. The largest absolute Gasteiger partial charge is 0.481 e. The van der Waals surface area contributed by atoms with Crippen LogP contribution in [0.15, 0.2) is 16.5 Å². The number of furan rings is 1. The van der Waals surface area contributed by atoms with Crippen molar-refractivity contribution in [1.29, 1.82) is 0 Å². The summed E-state index contributed by atoms with van der Waals surface area (Å²) in [6.07, 6.45) is -5.00. The van der Waals surface area contributed by atoms with Gasteiger partial charge in [0.15, 0.2) is 5.76 Å². The van der Waals surface area contributed by atoms with E-state index in [4.69, 9.17) is 5.11 Å². The van der Waals surface area contributed by atoms with Crippen molar-refractivity contribution >= 4 is 11.9 Å². The molecule has 1 rings (SSSR count). The number of hydrogen-bond donors (Lipinski definition) is 2. The van der Waals surface area contributed by atoms with E-state index >= 15 is 0 Å². The van der Waals surface area contributed by atoms with Crippen molar-refractivity contribution in [3.8, 4) is 0 Å². The Morgan fingerprint density at radius 1 is 1.44 bits per heavy atom. The maximum Gasteiger partial charge on any atom is 0.449 e. The molecule has 18 heavy (non-hydrogen) atoms. The molecule has 1 amide bonds. The Hall–Kier alpha value is -1.99. The summed E-state index contributed by atoms with van der Waals surface area (Å²) in [6.45, 7) is 1.42. The van der Waals surface area contributed by atoms with Crippen LogP contribution in [0.25, 0.3) is 0 Å². The van der Waals surface area contributed by atoms with Gasteiger partial charge in [0.1, 0.15) is 0 Å². The number of carboxylic acid groups (broad SMARTS) is 1. The molecular weight excluding hydrogens is 255 g/mol. The molecule has 1 unspecified atom stereocenters. The number of carbonyl (C=O) groups is 2. The molecule has 0 saturated carbocycles. The summed E-state index contributed by atoms with van der Waals surface area (Å²) in [7, 11) is 0. The quantitative estimate of drug-likeness (QED) is 0.871. The molecule has 5 nitrogen and oxygen atoms in total. The first-order chi connectivity index (χ1) is 8.20. The normalized spacial score (nSPS) is 13.1. The molecule has 100 valence electrons. The van der Waals surface area contributed by atoms with Crippen molar-refractivity contribution in [3.63, 3.8) is 0 Å². The standard InChI is InChI=1S/C10H10F3NO4/c1-5(4-8(15)16)14-9(17)6-2-3-7(18-6)10(11,12)13/h2-3,5H,4H2,1H3,(H,14,17)(H,15,16). The minimum Gasteiger partial charge on any atom is -0.481 e. The molecule has 1 heterocycles. The maximum absolute atomic E-state index is 12.2. The van der Waals surface area contributed by atoms with E-state index < -0.39 is 35.6 Å². The fourth-order valence-corrected chi connectivity index (χ4v) is 1.22. The molecule has 8 heteroatoms. The Labute approximate surface area is 99.6 Å². The van der Waals surface area contributed by atoms with E-state index in [0.717, 1.165) is 6.07 Å². The molecule has 0 bridgehead atoms. The van der Waals surface area contributed by atoms with Crippen LogP contribution in [0.5, 0.6) is 0 Å². The molecular formula is C10H10F3NO4. The van der Waals surface area contributed by atoms with Crippen LogP contribution >= 0.6 is 0 Å². The van der Waals surface area contributed by atoms with Crippen molar-refractivity contribution in [1.82, 2.24) is 5.32 Å². The molecule has 0 saturated heterocycles. The Morgan fingerprint density at radius 2 is 2.06 bits per heavy atom. The second-order valence-electron chi connectivity index (χ2n) is 3.63. The van der Waals surface area contributed by atoms with Gasteiger partial charge in [-0.1, -0.05) is 0 Å². The lowest BCUT2D eigenvalue weighted by Crippen LogP contribution is -2.33. The van der Waals surface area contributed by atoms with E-state index in [1.807, 2.05) is 0 Å². The molecule has 1 atom stereocenters. The monoisotopic (exact) mass is 265 g/mol. The molecule has 0 aliphatic carbocycles. The van der Waals surface area contributed by atoms with E-state index in [-0.39, 0.29) is 6.42 Å². The Balaban J connectivity index is 2.68. The predicted molar refractivity (Wildman–Crippen MR) is 52.9 cm³/mol. The van der Waals surface area contributed by atoms with Crippen LogP contribution in [0.1, 0.15) is 29.7 Å². The number of nitrogens with one attached hydrogen (secondary N) is 1. The topological polar surface area (TPSA) is 79.5 Å². The van der Waals surface area contributed by atoms with Crippen molar-refractivity contribution < 1.29 is 32.3 Å². The van der Waals surface area contributed by atoms with E-state index in [9.17, 15) is 22.8 Å². The highest BCUT2D eigenvalue weighted by Crippen LogP contribution is 2.30. The summed E-state index contributed by atoms with van der Waals surface area (Å²) in [6, 6.07) is 0.803. The van der Waals surface area contributed by atoms with E-state index in [1.165, 1.54) is 6.92 Å².